The Kier molecular flexibility index (Phi) is 4.84. The van der Waals surface area contributed by atoms with Crippen molar-refractivity contribution in [3.63, 3.8) is 0 Å². The van der Waals surface area contributed by atoms with E-state index in [1.54, 1.807) is 0 Å². The van der Waals surface area contributed by atoms with Crippen molar-refractivity contribution in [3.8, 4) is 0 Å². The van der Waals surface area contributed by atoms with Crippen LogP contribution in [0.3, 0.4) is 0 Å². The van der Waals surface area contributed by atoms with Crippen LogP contribution in [0.15, 0.2) is 21.5 Å². The zero-order valence-corrected chi connectivity index (χ0v) is 13.4. The van der Waals surface area contributed by atoms with Crippen LogP contribution in [0.4, 0.5) is 10.1 Å². The number of rotatable bonds is 6. The smallest absolute Gasteiger partial charge is 0.241 e. The van der Waals surface area contributed by atoms with E-state index in [1.165, 1.54) is 0 Å². The van der Waals surface area contributed by atoms with Gasteiger partial charge in [-0.15, -0.1) is 0 Å². The number of nitrogens with two attached hydrogens (primary N) is 1. The van der Waals surface area contributed by atoms with Crippen molar-refractivity contribution < 1.29 is 17.6 Å². The van der Waals surface area contributed by atoms with Crippen molar-refractivity contribution in [1.82, 2.24) is 10.0 Å². The SMILES string of the molecule is Nc1cc(S(=O)(=O)NCCC(=O)NC2CC2)c(Br)cc1F. The monoisotopic (exact) mass is 379 g/mol. The summed E-state index contributed by atoms with van der Waals surface area (Å²) in [6.07, 6.45) is 1.99. The first-order valence-corrected chi connectivity index (χ1v) is 8.61. The average Bonchev–Trinajstić information content (AvgIpc) is 3.17. The fourth-order valence-electron chi connectivity index (χ4n) is 1.65. The molecule has 21 heavy (non-hydrogen) atoms. The minimum absolute atomic E-state index is 0.0371. The summed E-state index contributed by atoms with van der Waals surface area (Å²) in [5.74, 6) is -0.900. The number of hydrogen-bond donors (Lipinski definition) is 3. The number of hydrogen-bond acceptors (Lipinski definition) is 4. The third-order valence-electron chi connectivity index (χ3n) is 2.93. The highest BCUT2D eigenvalue weighted by Crippen LogP contribution is 2.26. The van der Waals surface area contributed by atoms with Crippen molar-refractivity contribution in [2.75, 3.05) is 12.3 Å². The molecule has 0 spiro atoms. The summed E-state index contributed by atoms with van der Waals surface area (Å²) in [5.41, 5.74) is 5.11. The fraction of sp³-hybridized carbons (Fsp3) is 0.417. The Bertz CT molecular complexity index is 662. The van der Waals surface area contributed by atoms with Crippen LogP contribution in [-0.4, -0.2) is 26.9 Å². The van der Waals surface area contributed by atoms with E-state index < -0.39 is 15.8 Å². The summed E-state index contributed by atoms with van der Waals surface area (Å²) in [4.78, 5) is 11.3. The molecular weight excluding hydrogens is 365 g/mol. The summed E-state index contributed by atoms with van der Waals surface area (Å²) in [7, 11) is -3.86. The van der Waals surface area contributed by atoms with Gasteiger partial charge < -0.3 is 11.1 Å². The predicted octanol–water partition coefficient (Wildman–Crippen LogP) is 1.12. The Hall–Kier alpha value is -1.19. The van der Waals surface area contributed by atoms with Gasteiger partial charge in [0.1, 0.15) is 5.82 Å². The lowest BCUT2D eigenvalue weighted by Gasteiger charge is -2.10. The number of benzene rings is 1. The van der Waals surface area contributed by atoms with Gasteiger partial charge >= 0.3 is 0 Å². The Balaban J connectivity index is 1.97. The molecule has 1 aliphatic rings. The van der Waals surface area contributed by atoms with E-state index in [0.29, 0.717) is 0 Å². The van der Waals surface area contributed by atoms with Crippen molar-refractivity contribution in [1.29, 1.82) is 0 Å². The van der Waals surface area contributed by atoms with Crippen LogP contribution in [0.5, 0.6) is 0 Å². The lowest BCUT2D eigenvalue weighted by Crippen LogP contribution is -2.31. The molecule has 116 valence electrons. The summed E-state index contributed by atoms with van der Waals surface area (Å²) in [5, 5.41) is 2.76. The molecule has 0 radical (unpaired) electrons. The molecule has 0 heterocycles. The molecule has 6 nitrogen and oxygen atoms in total. The first kappa shape index (κ1) is 16.2. The van der Waals surface area contributed by atoms with E-state index in [-0.39, 0.29) is 40.0 Å². The van der Waals surface area contributed by atoms with E-state index in [2.05, 4.69) is 26.0 Å². The Morgan fingerprint density at radius 2 is 2.10 bits per heavy atom. The molecular formula is C12H15BrFN3O3S. The second-order valence-corrected chi connectivity index (χ2v) is 7.38. The van der Waals surface area contributed by atoms with Crippen LogP contribution in [0.2, 0.25) is 0 Å². The van der Waals surface area contributed by atoms with Crippen molar-refractivity contribution >= 4 is 37.5 Å². The highest BCUT2D eigenvalue weighted by molar-refractivity contribution is 9.10. The highest BCUT2D eigenvalue weighted by Gasteiger charge is 2.24. The number of carbonyl (C=O) groups is 1. The highest BCUT2D eigenvalue weighted by atomic mass is 79.9. The maximum absolute atomic E-state index is 13.2. The molecule has 0 atom stereocenters. The van der Waals surface area contributed by atoms with Crippen LogP contribution >= 0.6 is 15.9 Å². The van der Waals surface area contributed by atoms with Crippen LogP contribution in [0.1, 0.15) is 19.3 Å². The number of carbonyl (C=O) groups excluding carboxylic acids is 1. The average molecular weight is 380 g/mol. The molecule has 1 fully saturated rings. The third kappa shape index (κ3) is 4.39. The number of halogens is 2. The van der Waals surface area contributed by atoms with Gasteiger partial charge in [-0.2, -0.15) is 0 Å². The zero-order chi connectivity index (χ0) is 15.6. The van der Waals surface area contributed by atoms with Gasteiger partial charge in [-0.25, -0.2) is 17.5 Å². The number of nitrogen functional groups attached to an aromatic ring is 1. The molecule has 1 saturated carbocycles. The molecule has 0 aliphatic heterocycles. The van der Waals surface area contributed by atoms with E-state index >= 15 is 0 Å². The van der Waals surface area contributed by atoms with E-state index in [1.807, 2.05) is 0 Å². The lowest BCUT2D eigenvalue weighted by atomic mass is 10.3. The van der Waals surface area contributed by atoms with Crippen LogP contribution in [0.25, 0.3) is 0 Å². The second-order valence-electron chi connectivity index (χ2n) is 4.79. The topological polar surface area (TPSA) is 101 Å². The van der Waals surface area contributed by atoms with Crippen LogP contribution in [-0.2, 0) is 14.8 Å². The van der Waals surface area contributed by atoms with Crippen LogP contribution < -0.4 is 15.8 Å². The summed E-state index contributed by atoms with van der Waals surface area (Å²) < 4.78 is 39.7. The number of sulfonamides is 1. The van der Waals surface area contributed by atoms with Gasteiger partial charge in [-0.3, -0.25) is 4.79 Å². The van der Waals surface area contributed by atoms with Gasteiger partial charge in [0, 0.05) is 23.5 Å². The minimum atomic E-state index is -3.86. The molecule has 1 aromatic carbocycles. The fourth-order valence-corrected chi connectivity index (χ4v) is 3.73. The number of amides is 1. The summed E-state index contributed by atoms with van der Waals surface area (Å²) >= 11 is 2.98. The van der Waals surface area contributed by atoms with Gasteiger partial charge in [0.2, 0.25) is 15.9 Å². The van der Waals surface area contributed by atoms with Crippen LogP contribution in [0, 0.1) is 5.82 Å². The second kappa shape index (κ2) is 6.29. The molecule has 0 saturated heterocycles. The maximum atomic E-state index is 13.2. The lowest BCUT2D eigenvalue weighted by molar-refractivity contribution is -0.121. The van der Waals surface area contributed by atoms with Gasteiger partial charge in [-0.05, 0) is 40.9 Å². The first-order valence-electron chi connectivity index (χ1n) is 6.33. The van der Waals surface area contributed by atoms with Gasteiger partial charge in [0.05, 0.1) is 10.6 Å². The molecule has 9 heteroatoms. The Morgan fingerprint density at radius 1 is 1.43 bits per heavy atom. The predicted molar refractivity (Wildman–Crippen MR) is 79.5 cm³/mol. The quantitative estimate of drug-likeness (QED) is 0.644. The first-order chi connectivity index (χ1) is 9.79. The van der Waals surface area contributed by atoms with E-state index in [0.717, 1.165) is 25.0 Å². The van der Waals surface area contributed by atoms with E-state index in [4.69, 9.17) is 5.73 Å². The molecule has 1 aliphatic carbocycles. The Morgan fingerprint density at radius 3 is 2.71 bits per heavy atom. The summed E-state index contributed by atoms with van der Waals surface area (Å²) in [6, 6.07) is 2.26. The molecule has 2 rings (SSSR count). The normalized spacial score (nSPS) is 15.0. The number of anilines is 1. The molecule has 1 aromatic rings. The Labute approximate surface area is 130 Å². The van der Waals surface area contributed by atoms with Crippen molar-refractivity contribution in [2.45, 2.75) is 30.2 Å². The molecule has 0 bridgehead atoms. The molecule has 0 unspecified atom stereocenters. The molecule has 1 amide bonds. The number of nitrogens with one attached hydrogen (secondary N) is 2. The maximum Gasteiger partial charge on any atom is 0.241 e. The van der Waals surface area contributed by atoms with Crippen molar-refractivity contribution in [3.05, 3.63) is 22.4 Å². The zero-order valence-electron chi connectivity index (χ0n) is 11.0. The van der Waals surface area contributed by atoms with Gasteiger partial charge in [0.15, 0.2) is 0 Å². The third-order valence-corrected chi connectivity index (χ3v) is 5.35. The summed E-state index contributed by atoms with van der Waals surface area (Å²) in [6.45, 7) is -0.0371. The standard InChI is InChI=1S/C12H15BrFN3O3S/c13-8-5-9(14)10(15)6-11(8)21(19,20)16-4-3-12(18)17-7-1-2-7/h5-7,16H,1-4,15H2,(H,17,18). The van der Waals surface area contributed by atoms with E-state index in [9.17, 15) is 17.6 Å². The molecule has 0 aromatic heterocycles. The minimum Gasteiger partial charge on any atom is -0.396 e. The largest absolute Gasteiger partial charge is 0.396 e. The van der Waals surface area contributed by atoms with Crippen molar-refractivity contribution in [2.24, 2.45) is 0 Å². The van der Waals surface area contributed by atoms with Gasteiger partial charge in [0.25, 0.3) is 0 Å². The molecule has 4 N–H and O–H groups in total. The van der Waals surface area contributed by atoms with Gasteiger partial charge in [-0.1, -0.05) is 0 Å².